The summed E-state index contributed by atoms with van der Waals surface area (Å²) in [4.78, 5) is 0. The molecule has 0 aromatic heterocycles. The molecule has 2 heteroatoms. The maximum Gasteiger partial charge on any atom is 0.0587 e. The topological polar surface area (TPSA) is 35.8 Å². The average Bonchev–Trinajstić information content (AvgIpc) is 2.31. The van der Waals surface area contributed by atoms with Crippen molar-refractivity contribution in [2.24, 2.45) is 5.92 Å². The highest BCUT2D eigenvalue weighted by molar-refractivity contribution is 5.22. The lowest BCUT2D eigenvalue weighted by molar-refractivity contribution is 0.376. The van der Waals surface area contributed by atoms with Crippen molar-refractivity contribution in [3.63, 3.8) is 0 Å². The SMILES string of the molecule is CC#N.Cc1cccc(CC2CCCNC2)c1. The lowest BCUT2D eigenvalue weighted by Gasteiger charge is -2.22. The molecule has 2 rings (SSSR count). The number of hydrogen-bond donors (Lipinski definition) is 1. The van der Waals surface area contributed by atoms with Gasteiger partial charge in [0.2, 0.25) is 0 Å². The Kier molecular flexibility index (Phi) is 6.35. The van der Waals surface area contributed by atoms with Crippen molar-refractivity contribution in [2.75, 3.05) is 13.1 Å². The van der Waals surface area contributed by atoms with Gasteiger partial charge in [-0.1, -0.05) is 29.8 Å². The van der Waals surface area contributed by atoms with Gasteiger partial charge < -0.3 is 5.32 Å². The van der Waals surface area contributed by atoms with E-state index < -0.39 is 0 Å². The summed E-state index contributed by atoms with van der Waals surface area (Å²) in [6.07, 6.45) is 3.98. The summed E-state index contributed by atoms with van der Waals surface area (Å²) in [5.74, 6) is 0.852. The number of nitriles is 1. The van der Waals surface area contributed by atoms with Crippen molar-refractivity contribution in [1.82, 2.24) is 5.32 Å². The number of nitrogens with one attached hydrogen (secondary N) is 1. The molecule has 0 saturated carbocycles. The zero-order valence-corrected chi connectivity index (χ0v) is 10.9. The zero-order valence-electron chi connectivity index (χ0n) is 10.9. The van der Waals surface area contributed by atoms with Crippen molar-refractivity contribution < 1.29 is 0 Å². The van der Waals surface area contributed by atoms with Crippen molar-refractivity contribution in [3.05, 3.63) is 35.4 Å². The third-order valence-corrected chi connectivity index (χ3v) is 3.01. The smallest absolute Gasteiger partial charge is 0.0587 e. The number of benzene rings is 1. The van der Waals surface area contributed by atoms with Crippen molar-refractivity contribution in [3.8, 4) is 6.07 Å². The molecule has 0 aliphatic carbocycles. The first kappa shape index (κ1) is 13.7. The summed E-state index contributed by atoms with van der Waals surface area (Å²) in [5.41, 5.74) is 2.88. The van der Waals surface area contributed by atoms with Crippen LogP contribution in [0.4, 0.5) is 0 Å². The molecule has 1 atom stereocenters. The standard InChI is InChI=1S/C13H19N.C2H3N/c1-11-4-2-5-12(8-11)9-13-6-3-7-14-10-13;1-2-3/h2,4-5,8,13-14H,3,6-7,9-10H2,1H3;1H3. The van der Waals surface area contributed by atoms with Crippen molar-refractivity contribution >= 4 is 0 Å². The number of nitrogens with zero attached hydrogens (tertiary/aromatic N) is 1. The average molecular weight is 230 g/mol. The van der Waals surface area contributed by atoms with Crippen LogP contribution in [0.15, 0.2) is 24.3 Å². The summed E-state index contributed by atoms with van der Waals surface area (Å²) in [7, 11) is 0. The fourth-order valence-electron chi connectivity index (χ4n) is 2.27. The van der Waals surface area contributed by atoms with Crippen molar-refractivity contribution in [1.29, 1.82) is 5.26 Å². The van der Waals surface area contributed by atoms with Crippen LogP contribution in [-0.4, -0.2) is 13.1 Å². The van der Waals surface area contributed by atoms with Crippen LogP contribution in [0.1, 0.15) is 30.9 Å². The molecular weight excluding hydrogens is 208 g/mol. The fourth-order valence-corrected chi connectivity index (χ4v) is 2.27. The predicted octanol–water partition coefficient (Wildman–Crippen LogP) is 3.07. The highest BCUT2D eigenvalue weighted by Gasteiger charge is 2.12. The van der Waals surface area contributed by atoms with Crippen LogP contribution in [-0.2, 0) is 6.42 Å². The molecule has 1 aliphatic heterocycles. The minimum Gasteiger partial charge on any atom is -0.316 e. The van der Waals surface area contributed by atoms with Crippen molar-refractivity contribution in [2.45, 2.75) is 33.1 Å². The molecule has 1 unspecified atom stereocenters. The lowest BCUT2D eigenvalue weighted by atomic mass is 9.92. The summed E-state index contributed by atoms with van der Waals surface area (Å²) in [6.45, 7) is 6.01. The number of aryl methyl sites for hydroxylation is 1. The van der Waals surface area contributed by atoms with E-state index in [0.29, 0.717) is 0 Å². The van der Waals surface area contributed by atoms with E-state index in [0.717, 1.165) is 5.92 Å². The molecule has 0 spiro atoms. The Morgan fingerprint density at radius 1 is 1.47 bits per heavy atom. The van der Waals surface area contributed by atoms with Crippen LogP contribution in [0.3, 0.4) is 0 Å². The van der Waals surface area contributed by atoms with Gasteiger partial charge in [-0.15, -0.1) is 0 Å². The molecule has 92 valence electrons. The van der Waals surface area contributed by atoms with Crippen LogP contribution in [0.2, 0.25) is 0 Å². The summed E-state index contributed by atoms with van der Waals surface area (Å²) in [5, 5.41) is 10.8. The molecule has 0 bridgehead atoms. The zero-order chi connectivity index (χ0) is 12.5. The first-order valence-corrected chi connectivity index (χ1v) is 6.33. The van der Waals surface area contributed by atoms with E-state index in [1.807, 2.05) is 0 Å². The van der Waals surface area contributed by atoms with Crippen LogP contribution >= 0.6 is 0 Å². The van der Waals surface area contributed by atoms with E-state index in [-0.39, 0.29) is 0 Å². The molecule has 0 radical (unpaired) electrons. The fraction of sp³-hybridized carbons (Fsp3) is 0.533. The Balaban J connectivity index is 0.000000437. The van der Waals surface area contributed by atoms with Crippen LogP contribution in [0, 0.1) is 24.2 Å². The van der Waals surface area contributed by atoms with Gasteiger partial charge in [-0.2, -0.15) is 5.26 Å². The molecule has 1 fully saturated rings. The second-order valence-corrected chi connectivity index (χ2v) is 4.63. The van der Waals surface area contributed by atoms with Crippen LogP contribution < -0.4 is 5.32 Å². The lowest BCUT2D eigenvalue weighted by Crippen LogP contribution is -2.30. The summed E-state index contributed by atoms with van der Waals surface area (Å²) < 4.78 is 0. The maximum atomic E-state index is 7.32. The van der Waals surface area contributed by atoms with Gasteiger partial charge in [0.05, 0.1) is 6.07 Å². The van der Waals surface area contributed by atoms with E-state index in [2.05, 4.69) is 36.5 Å². The normalized spacial score (nSPS) is 18.8. The Bertz CT molecular complexity index is 359. The van der Waals surface area contributed by atoms with Gasteiger partial charge in [0.15, 0.2) is 0 Å². The van der Waals surface area contributed by atoms with Gasteiger partial charge in [0.25, 0.3) is 0 Å². The van der Waals surface area contributed by atoms with Gasteiger partial charge >= 0.3 is 0 Å². The highest BCUT2D eigenvalue weighted by Crippen LogP contribution is 2.16. The van der Waals surface area contributed by atoms with Gasteiger partial charge in [-0.25, -0.2) is 0 Å². The maximum absolute atomic E-state index is 7.32. The second-order valence-electron chi connectivity index (χ2n) is 4.63. The van der Waals surface area contributed by atoms with E-state index in [4.69, 9.17) is 5.26 Å². The molecular formula is C15H22N2. The summed E-state index contributed by atoms with van der Waals surface area (Å²) in [6, 6.07) is 10.7. The minimum absolute atomic E-state index is 0.852. The van der Waals surface area contributed by atoms with E-state index >= 15 is 0 Å². The van der Waals surface area contributed by atoms with Gasteiger partial charge in [0, 0.05) is 6.92 Å². The third-order valence-electron chi connectivity index (χ3n) is 3.01. The molecule has 2 nitrogen and oxygen atoms in total. The number of hydrogen-bond acceptors (Lipinski definition) is 2. The molecule has 0 amide bonds. The number of rotatable bonds is 2. The van der Waals surface area contributed by atoms with Crippen LogP contribution in [0.25, 0.3) is 0 Å². The van der Waals surface area contributed by atoms with Gasteiger partial charge in [-0.05, 0) is 50.8 Å². The quantitative estimate of drug-likeness (QED) is 0.847. The molecule has 17 heavy (non-hydrogen) atoms. The first-order chi connectivity index (χ1) is 8.26. The van der Waals surface area contributed by atoms with Gasteiger partial charge in [0.1, 0.15) is 0 Å². The van der Waals surface area contributed by atoms with E-state index in [1.54, 1.807) is 6.07 Å². The molecule has 1 aliphatic rings. The Morgan fingerprint density at radius 2 is 2.24 bits per heavy atom. The Hall–Kier alpha value is -1.33. The predicted molar refractivity (Wildman–Crippen MR) is 71.8 cm³/mol. The Labute approximate surface area is 105 Å². The van der Waals surface area contributed by atoms with E-state index in [9.17, 15) is 0 Å². The first-order valence-electron chi connectivity index (χ1n) is 6.33. The molecule has 1 aromatic rings. The van der Waals surface area contributed by atoms with Crippen LogP contribution in [0.5, 0.6) is 0 Å². The second kappa shape index (κ2) is 7.86. The Morgan fingerprint density at radius 3 is 2.82 bits per heavy atom. The van der Waals surface area contributed by atoms with E-state index in [1.165, 1.54) is 50.4 Å². The van der Waals surface area contributed by atoms with Gasteiger partial charge in [-0.3, -0.25) is 0 Å². The highest BCUT2D eigenvalue weighted by atomic mass is 14.9. The monoisotopic (exact) mass is 230 g/mol. The third kappa shape index (κ3) is 5.51. The minimum atomic E-state index is 0.852. The summed E-state index contributed by atoms with van der Waals surface area (Å²) >= 11 is 0. The largest absolute Gasteiger partial charge is 0.316 e. The molecule has 1 N–H and O–H groups in total. The molecule has 1 saturated heterocycles. The molecule has 1 heterocycles. The number of piperidine rings is 1. The molecule has 1 aromatic carbocycles.